The van der Waals surface area contributed by atoms with Crippen LogP contribution in [0.25, 0.3) is 0 Å². The Kier molecular flexibility index (Phi) is 8.08. The lowest BCUT2D eigenvalue weighted by molar-refractivity contribution is 0.682. The van der Waals surface area contributed by atoms with Crippen LogP contribution in [-0.2, 0) is 12.8 Å². The average molecular weight is 206 g/mol. The van der Waals surface area contributed by atoms with Crippen LogP contribution in [0.4, 0.5) is 0 Å². The van der Waals surface area contributed by atoms with Crippen LogP contribution in [-0.4, -0.2) is 0 Å². The topological polar surface area (TPSA) is 0 Å². The maximum absolute atomic E-state index is 2.28. The van der Waals surface area contributed by atoms with Crippen molar-refractivity contribution < 1.29 is 0 Å². The first-order valence-corrected chi connectivity index (χ1v) is 6.45. The number of fused-ring (bicyclic) bond motifs is 1. The highest BCUT2D eigenvalue weighted by atomic mass is 14.1. The summed E-state index contributed by atoms with van der Waals surface area (Å²) >= 11 is 0. The highest BCUT2D eigenvalue weighted by molar-refractivity contribution is 5.35. The smallest absolute Gasteiger partial charge is 0.0273 e. The first-order chi connectivity index (χ1) is 7.38. The summed E-state index contributed by atoms with van der Waals surface area (Å²) in [4.78, 5) is 0. The molecule has 0 heteroatoms. The van der Waals surface area contributed by atoms with Gasteiger partial charge >= 0.3 is 0 Å². The van der Waals surface area contributed by atoms with Crippen molar-refractivity contribution in [2.45, 2.75) is 60.3 Å². The van der Waals surface area contributed by atoms with Crippen molar-refractivity contribution in [2.24, 2.45) is 0 Å². The van der Waals surface area contributed by atoms with E-state index in [0.717, 1.165) is 0 Å². The molecule has 0 N–H and O–H groups in total. The minimum atomic E-state index is 1.30. The van der Waals surface area contributed by atoms with Gasteiger partial charge in [0.1, 0.15) is 0 Å². The van der Waals surface area contributed by atoms with E-state index >= 15 is 0 Å². The van der Waals surface area contributed by atoms with Crippen LogP contribution >= 0.6 is 0 Å². The Balaban J connectivity index is 0.000000442. The third-order valence-corrected chi connectivity index (χ3v) is 2.63. The molecule has 0 fully saturated rings. The summed E-state index contributed by atoms with van der Waals surface area (Å²) in [5, 5.41) is 0. The SMILES string of the molecule is CC.CC.Cc1cccc2c1CCCC2. The van der Waals surface area contributed by atoms with Crippen molar-refractivity contribution in [3.05, 3.63) is 34.9 Å². The molecule has 0 aromatic heterocycles. The van der Waals surface area contributed by atoms with Gasteiger partial charge in [-0.3, -0.25) is 0 Å². The van der Waals surface area contributed by atoms with Gasteiger partial charge in [0.25, 0.3) is 0 Å². The molecule has 0 atom stereocenters. The van der Waals surface area contributed by atoms with E-state index in [1.165, 1.54) is 31.2 Å². The van der Waals surface area contributed by atoms with Gasteiger partial charge in [-0.05, 0) is 49.3 Å². The Labute approximate surface area is 95.7 Å². The van der Waals surface area contributed by atoms with Crippen LogP contribution < -0.4 is 0 Å². The summed E-state index contributed by atoms with van der Waals surface area (Å²) in [5.41, 5.74) is 4.71. The number of hydrogen-bond donors (Lipinski definition) is 0. The van der Waals surface area contributed by atoms with Crippen LogP contribution in [0.2, 0.25) is 0 Å². The largest absolute Gasteiger partial charge is 0.0683 e. The number of rotatable bonds is 0. The van der Waals surface area contributed by atoms with Gasteiger partial charge in [-0.15, -0.1) is 0 Å². The zero-order valence-corrected chi connectivity index (χ0v) is 11.1. The van der Waals surface area contributed by atoms with E-state index in [1.807, 2.05) is 27.7 Å². The molecule has 0 aliphatic heterocycles. The Hall–Kier alpha value is -0.780. The van der Waals surface area contributed by atoms with E-state index in [2.05, 4.69) is 25.1 Å². The summed E-state index contributed by atoms with van der Waals surface area (Å²) in [6.45, 7) is 10.2. The first kappa shape index (κ1) is 14.2. The van der Waals surface area contributed by atoms with E-state index < -0.39 is 0 Å². The van der Waals surface area contributed by atoms with E-state index in [0.29, 0.717) is 0 Å². The quantitative estimate of drug-likeness (QED) is 0.565. The Bertz CT molecular complexity index is 261. The molecule has 15 heavy (non-hydrogen) atoms. The zero-order valence-electron chi connectivity index (χ0n) is 11.1. The minimum absolute atomic E-state index is 1.30. The fourth-order valence-electron chi connectivity index (χ4n) is 1.97. The second kappa shape index (κ2) is 8.52. The lowest BCUT2D eigenvalue weighted by Crippen LogP contribution is -2.03. The molecule has 0 radical (unpaired) electrons. The van der Waals surface area contributed by atoms with Crippen molar-refractivity contribution in [1.82, 2.24) is 0 Å². The molecule has 0 unspecified atom stereocenters. The lowest BCUT2D eigenvalue weighted by Gasteiger charge is -2.17. The fraction of sp³-hybridized carbons (Fsp3) is 0.600. The molecule has 0 spiro atoms. The molecule has 0 heterocycles. The van der Waals surface area contributed by atoms with Crippen LogP contribution in [0, 0.1) is 6.92 Å². The summed E-state index contributed by atoms with van der Waals surface area (Å²) in [7, 11) is 0. The van der Waals surface area contributed by atoms with E-state index in [-0.39, 0.29) is 0 Å². The summed E-state index contributed by atoms with van der Waals surface area (Å²) in [5.74, 6) is 0. The zero-order chi connectivity index (χ0) is 11.7. The van der Waals surface area contributed by atoms with Gasteiger partial charge in [0.2, 0.25) is 0 Å². The minimum Gasteiger partial charge on any atom is -0.0683 e. The van der Waals surface area contributed by atoms with Crippen LogP contribution in [0.1, 0.15) is 57.2 Å². The number of aryl methyl sites for hydroxylation is 2. The highest BCUT2D eigenvalue weighted by Crippen LogP contribution is 2.23. The van der Waals surface area contributed by atoms with Gasteiger partial charge in [-0.1, -0.05) is 45.9 Å². The normalized spacial score (nSPS) is 12.6. The monoisotopic (exact) mass is 206 g/mol. The Morgan fingerprint density at radius 2 is 1.47 bits per heavy atom. The van der Waals surface area contributed by atoms with Crippen molar-refractivity contribution >= 4 is 0 Å². The van der Waals surface area contributed by atoms with Crippen molar-refractivity contribution in [1.29, 1.82) is 0 Å². The van der Waals surface area contributed by atoms with Gasteiger partial charge in [-0.25, -0.2) is 0 Å². The Morgan fingerprint density at radius 3 is 2.07 bits per heavy atom. The van der Waals surface area contributed by atoms with Gasteiger partial charge in [0, 0.05) is 0 Å². The molecule has 1 aromatic carbocycles. The van der Waals surface area contributed by atoms with E-state index in [4.69, 9.17) is 0 Å². The van der Waals surface area contributed by atoms with Crippen LogP contribution in [0.5, 0.6) is 0 Å². The average Bonchev–Trinajstić information content (AvgIpc) is 2.35. The molecule has 1 aliphatic carbocycles. The molecule has 0 amide bonds. The molecule has 0 saturated carbocycles. The molecular formula is C15H26. The predicted octanol–water partition coefficient (Wildman–Crippen LogP) is 4.93. The van der Waals surface area contributed by atoms with Crippen LogP contribution in [0.15, 0.2) is 18.2 Å². The van der Waals surface area contributed by atoms with Crippen LogP contribution in [0.3, 0.4) is 0 Å². The highest BCUT2D eigenvalue weighted by Gasteiger charge is 2.09. The predicted molar refractivity (Wildman–Crippen MR) is 70.5 cm³/mol. The molecular weight excluding hydrogens is 180 g/mol. The number of hydrogen-bond acceptors (Lipinski definition) is 0. The van der Waals surface area contributed by atoms with Crippen molar-refractivity contribution in [2.75, 3.05) is 0 Å². The summed E-state index contributed by atoms with van der Waals surface area (Å²) in [6, 6.07) is 6.69. The second-order valence-corrected chi connectivity index (χ2v) is 3.42. The van der Waals surface area contributed by atoms with E-state index in [1.54, 1.807) is 11.1 Å². The molecule has 0 saturated heterocycles. The number of benzene rings is 1. The Morgan fingerprint density at radius 1 is 0.867 bits per heavy atom. The molecule has 1 aromatic rings. The molecule has 1 aliphatic rings. The molecule has 0 bridgehead atoms. The van der Waals surface area contributed by atoms with Gasteiger partial charge in [0.15, 0.2) is 0 Å². The maximum Gasteiger partial charge on any atom is -0.0273 e. The second-order valence-electron chi connectivity index (χ2n) is 3.42. The first-order valence-electron chi connectivity index (χ1n) is 6.45. The van der Waals surface area contributed by atoms with Crippen molar-refractivity contribution in [3.8, 4) is 0 Å². The summed E-state index contributed by atoms with van der Waals surface area (Å²) in [6.07, 6.45) is 5.38. The third kappa shape index (κ3) is 4.07. The van der Waals surface area contributed by atoms with E-state index in [9.17, 15) is 0 Å². The lowest BCUT2D eigenvalue weighted by atomic mass is 9.89. The van der Waals surface area contributed by atoms with Gasteiger partial charge < -0.3 is 0 Å². The van der Waals surface area contributed by atoms with Crippen molar-refractivity contribution in [3.63, 3.8) is 0 Å². The summed E-state index contributed by atoms with van der Waals surface area (Å²) < 4.78 is 0. The molecule has 86 valence electrons. The molecule has 2 rings (SSSR count). The van der Waals surface area contributed by atoms with Gasteiger partial charge in [-0.2, -0.15) is 0 Å². The van der Waals surface area contributed by atoms with Gasteiger partial charge in [0.05, 0.1) is 0 Å². The maximum atomic E-state index is 2.28. The molecule has 0 nitrogen and oxygen atoms in total. The third-order valence-electron chi connectivity index (χ3n) is 2.63. The fourth-order valence-corrected chi connectivity index (χ4v) is 1.97. The standard InChI is InChI=1S/C11H14.2C2H6/c1-9-5-4-7-10-6-2-3-8-11(9)10;2*1-2/h4-5,7H,2-3,6,8H2,1H3;2*1-2H3.